The molecule has 0 radical (unpaired) electrons. The molecule has 0 saturated heterocycles. The number of isothiocyanates is 1. The van der Waals surface area contributed by atoms with Crippen LogP contribution < -0.4 is 19.9 Å². The molecule has 1 aliphatic carbocycles. The molecule has 32 heavy (non-hydrogen) atoms. The fourth-order valence-electron chi connectivity index (χ4n) is 3.76. The number of thiocarbonyl (C=S) groups is 1. The quantitative estimate of drug-likeness (QED) is 0.209. The van der Waals surface area contributed by atoms with E-state index in [0.717, 1.165) is 27.6 Å². The first-order chi connectivity index (χ1) is 15.3. The fraction of sp³-hybridized carbons (Fsp3) is 0.160. The average molecular weight is 444 g/mol. The van der Waals surface area contributed by atoms with Crippen LogP contribution in [0.15, 0.2) is 64.0 Å². The van der Waals surface area contributed by atoms with Crippen LogP contribution in [0.5, 0.6) is 0 Å². The molecular weight excluding hydrogens is 422 g/mol. The second-order valence-corrected chi connectivity index (χ2v) is 8.03. The van der Waals surface area contributed by atoms with Gasteiger partial charge < -0.3 is 19.2 Å². The van der Waals surface area contributed by atoms with Crippen LogP contribution in [-0.4, -0.2) is 39.3 Å². The van der Waals surface area contributed by atoms with Crippen molar-refractivity contribution in [2.45, 2.75) is 0 Å². The maximum atomic E-state index is 12.1. The third-order valence-corrected chi connectivity index (χ3v) is 5.48. The largest absolute Gasteiger partial charge is 0.545 e. The molecule has 1 heterocycles. The number of nitrogens with zero attached hydrogens (tertiary/aromatic N) is 3. The van der Waals surface area contributed by atoms with Crippen molar-refractivity contribution in [2.75, 3.05) is 33.1 Å². The van der Waals surface area contributed by atoms with Crippen molar-refractivity contribution in [3.8, 4) is 22.5 Å². The number of hydrogen-bond donors (Lipinski definition) is 0. The number of carboxylic acid groups (broad SMARTS) is 1. The molecule has 0 spiro atoms. The molecule has 2 aliphatic rings. The molecule has 0 aromatic heterocycles. The molecule has 0 N–H and O–H groups in total. The minimum absolute atomic E-state index is 0.0265. The molecule has 0 atom stereocenters. The maximum absolute atomic E-state index is 12.1. The Hall–Kier alpha value is -3.80. The van der Waals surface area contributed by atoms with Gasteiger partial charge in [-0.15, -0.1) is 0 Å². The molecule has 0 fully saturated rings. The average Bonchev–Trinajstić information content (AvgIpc) is 2.76. The van der Waals surface area contributed by atoms with Gasteiger partial charge in [-0.2, -0.15) is 4.99 Å². The van der Waals surface area contributed by atoms with Gasteiger partial charge in [0.25, 0.3) is 0 Å². The zero-order valence-corrected chi connectivity index (χ0v) is 19.0. The van der Waals surface area contributed by atoms with E-state index < -0.39 is 5.97 Å². The lowest BCUT2D eigenvalue weighted by atomic mass is 9.90. The number of anilines is 1. The van der Waals surface area contributed by atoms with Crippen molar-refractivity contribution in [2.24, 2.45) is 4.99 Å². The van der Waals surface area contributed by atoms with E-state index in [-0.39, 0.29) is 5.56 Å². The van der Waals surface area contributed by atoms with Crippen LogP contribution in [0, 0.1) is 0 Å². The third kappa shape index (κ3) is 3.80. The highest BCUT2D eigenvalue weighted by Gasteiger charge is 2.21. The van der Waals surface area contributed by atoms with Crippen molar-refractivity contribution in [3.63, 3.8) is 0 Å². The van der Waals surface area contributed by atoms with E-state index in [0.29, 0.717) is 22.6 Å². The Kier molecular flexibility index (Phi) is 5.61. The van der Waals surface area contributed by atoms with E-state index in [4.69, 9.17) is 4.42 Å². The van der Waals surface area contributed by atoms with E-state index >= 15 is 0 Å². The summed E-state index contributed by atoms with van der Waals surface area (Å²) in [6, 6.07) is 16.6. The summed E-state index contributed by atoms with van der Waals surface area (Å²) in [6.45, 7) is 0. The summed E-state index contributed by atoms with van der Waals surface area (Å²) in [5.74, 6) is -0.641. The SMILES string of the molecule is CN(C)c1ccc2c(-c3ccc(N=C=S)cc3C(=O)[O-])c3ccc(=[N+](C)C)cc-3oc2c1. The molecule has 0 amide bonds. The first-order valence-corrected chi connectivity index (χ1v) is 10.3. The van der Waals surface area contributed by atoms with Gasteiger partial charge in [-0.1, -0.05) is 6.07 Å². The number of carbonyl (C=O) groups is 1. The molecule has 4 rings (SSSR count). The maximum Gasteiger partial charge on any atom is 0.203 e. The van der Waals surface area contributed by atoms with Gasteiger partial charge >= 0.3 is 0 Å². The standard InChI is InChI=1S/C25H21N3O3S/c1-27(2)16-6-9-19-22(12-16)31-23-13-17(28(3)4)7-10-20(23)24(19)18-8-5-15(26-14-32)11-21(18)25(29)30/h5-13H,1-4H3. The topological polar surface area (TPSA) is 71.9 Å². The van der Waals surface area contributed by atoms with Crippen LogP contribution in [0.25, 0.3) is 33.4 Å². The van der Waals surface area contributed by atoms with Crippen molar-refractivity contribution < 1.29 is 14.3 Å². The molecule has 0 bridgehead atoms. The normalized spacial score (nSPS) is 10.8. The van der Waals surface area contributed by atoms with Crippen molar-refractivity contribution in [1.82, 2.24) is 4.58 Å². The first-order valence-electron chi connectivity index (χ1n) is 9.92. The monoisotopic (exact) mass is 443 g/mol. The molecule has 0 saturated carbocycles. The van der Waals surface area contributed by atoms with Gasteiger partial charge in [-0.25, -0.2) is 4.58 Å². The fourth-order valence-corrected chi connectivity index (χ4v) is 3.86. The predicted octanol–water partition coefficient (Wildman–Crippen LogP) is 3.40. The van der Waals surface area contributed by atoms with Gasteiger partial charge in [0, 0.05) is 54.0 Å². The Morgan fingerprint density at radius 3 is 2.47 bits per heavy atom. The molecule has 2 aromatic rings. The minimum Gasteiger partial charge on any atom is -0.545 e. The number of fused-ring (bicyclic) bond motifs is 2. The van der Waals surface area contributed by atoms with Gasteiger partial charge in [-0.3, -0.25) is 0 Å². The van der Waals surface area contributed by atoms with Crippen LogP contribution in [-0.2, 0) is 0 Å². The van der Waals surface area contributed by atoms with Gasteiger partial charge in [0.15, 0.2) is 0 Å². The minimum atomic E-state index is -1.29. The highest BCUT2D eigenvalue weighted by molar-refractivity contribution is 7.78. The summed E-state index contributed by atoms with van der Waals surface area (Å²) >= 11 is 4.66. The number of aromatic carboxylic acids is 1. The second-order valence-electron chi connectivity index (χ2n) is 7.85. The van der Waals surface area contributed by atoms with Crippen molar-refractivity contribution >= 4 is 45.7 Å². The number of benzene rings is 3. The Morgan fingerprint density at radius 2 is 1.81 bits per heavy atom. The van der Waals surface area contributed by atoms with Gasteiger partial charge in [-0.05, 0) is 48.1 Å². The predicted molar refractivity (Wildman–Crippen MR) is 129 cm³/mol. The number of carbonyl (C=O) groups excluding carboxylic acids is 1. The van der Waals surface area contributed by atoms with E-state index in [1.54, 1.807) is 12.1 Å². The lowest BCUT2D eigenvalue weighted by molar-refractivity contribution is -0.254. The summed E-state index contributed by atoms with van der Waals surface area (Å²) < 4.78 is 8.28. The van der Waals surface area contributed by atoms with E-state index in [2.05, 4.69) is 22.4 Å². The molecule has 160 valence electrons. The molecule has 0 unspecified atom stereocenters. The lowest BCUT2D eigenvalue weighted by Crippen LogP contribution is -2.23. The number of rotatable bonds is 4. The van der Waals surface area contributed by atoms with E-state index in [1.807, 2.05) is 74.1 Å². The highest BCUT2D eigenvalue weighted by atomic mass is 32.1. The summed E-state index contributed by atoms with van der Waals surface area (Å²) in [5, 5.41) is 16.1. The Bertz CT molecular complexity index is 1460. The van der Waals surface area contributed by atoms with E-state index in [1.165, 1.54) is 6.07 Å². The molecular formula is C25H21N3O3S. The zero-order chi connectivity index (χ0) is 23.0. The van der Waals surface area contributed by atoms with Gasteiger partial charge in [0.05, 0.1) is 22.9 Å². The van der Waals surface area contributed by atoms with Gasteiger partial charge in [0.1, 0.15) is 25.4 Å². The Balaban J connectivity index is 2.17. The number of hydrogen-bond acceptors (Lipinski definition) is 6. The lowest BCUT2D eigenvalue weighted by Gasteiger charge is -2.20. The molecule has 1 aliphatic heterocycles. The Morgan fingerprint density at radius 1 is 1.06 bits per heavy atom. The number of carboxylic acids is 1. The van der Waals surface area contributed by atoms with Crippen molar-refractivity contribution in [1.29, 1.82) is 0 Å². The smallest absolute Gasteiger partial charge is 0.203 e. The Labute approximate surface area is 190 Å². The highest BCUT2D eigenvalue weighted by Crippen LogP contribution is 2.42. The van der Waals surface area contributed by atoms with Crippen LogP contribution in [0.1, 0.15) is 10.4 Å². The first kappa shape index (κ1) is 21.4. The van der Waals surface area contributed by atoms with Crippen LogP contribution in [0.2, 0.25) is 0 Å². The summed E-state index contributed by atoms with van der Waals surface area (Å²) in [6.07, 6.45) is 0. The number of aliphatic imine (C=N–C) groups is 1. The molecule has 6 nitrogen and oxygen atoms in total. The van der Waals surface area contributed by atoms with Crippen molar-refractivity contribution in [3.05, 3.63) is 65.5 Å². The van der Waals surface area contributed by atoms with Crippen LogP contribution >= 0.6 is 12.2 Å². The van der Waals surface area contributed by atoms with E-state index in [9.17, 15) is 9.90 Å². The molecule has 2 aromatic carbocycles. The van der Waals surface area contributed by atoms with Gasteiger partial charge in [0.2, 0.25) is 5.36 Å². The van der Waals surface area contributed by atoms with Crippen LogP contribution in [0.3, 0.4) is 0 Å². The zero-order valence-electron chi connectivity index (χ0n) is 18.2. The van der Waals surface area contributed by atoms with Crippen LogP contribution in [0.4, 0.5) is 11.4 Å². The molecule has 7 heteroatoms. The summed E-state index contributed by atoms with van der Waals surface area (Å²) in [7, 11) is 7.82. The summed E-state index contributed by atoms with van der Waals surface area (Å²) in [5.41, 5.74) is 4.14. The third-order valence-electron chi connectivity index (χ3n) is 5.39. The second kappa shape index (κ2) is 8.38. The summed E-state index contributed by atoms with van der Waals surface area (Å²) in [4.78, 5) is 18.0.